The monoisotopic (exact) mass is 196 g/mol. The molecule has 2 fully saturated rings. The van der Waals surface area contributed by atoms with Crippen molar-refractivity contribution in [1.29, 1.82) is 0 Å². The molecule has 2 aliphatic rings. The molecule has 1 saturated carbocycles. The Balaban J connectivity index is 1.99. The summed E-state index contributed by atoms with van der Waals surface area (Å²) in [4.78, 5) is 5.09. The fourth-order valence-corrected chi connectivity index (χ4v) is 3.33. The van der Waals surface area contributed by atoms with Gasteiger partial charge in [-0.05, 0) is 59.2 Å². The molecule has 0 aromatic rings. The molecule has 2 heteroatoms. The summed E-state index contributed by atoms with van der Waals surface area (Å²) in [6, 6.07) is 1.59. The van der Waals surface area contributed by atoms with Gasteiger partial charge in [-0.1, -0.05) is 0 Å². The number of nitrogens with zero attached hydrogens (tertiary/aromatic N) is 2. The summed E-state index contributed by atoms with van der Waals surface area (Å²) in [5, 5.41) is 0. The molecule has 1 heterocycles. The lowest BCUT2D eigenvalue weighted by Crippen LogP contribution is -2.54. The Labute approximate surface area is 88.3 Å². The predicted molar refractivity (Wildman–Crippen MR) is 60.5 cm³/mol. The zero-order valence-electron chi connectivity index (χ0n) is 10.1. The van der Waals surface area contributed by atoms with Gasteiger partial charge >= 0.3 is 0 Å². The van der Waals surface area contributed by atoms with Crippen LogP contribution in [-0.4, -0.2) is 49.1 Å². The molecule has 2 nitrogen and oxygen atoms in total. The molecule has 2 atom stereocenters. The highest BCUT2D eigenvalue weighted by atomic mass is 15.2. The SMILES string of the molecule is CC(C)N1CCC2(CCC2N(C)C)C1. The molecular weight excluding hydrogens is 172 g/mol. The van der Waals surface area contributed by atoms with Gasteiger partial charge in [0.2, 0.25) is 0 Å². The first-order valence-corrected chi connectivity index (χ1v) is 5.96. The summed E-state index contributed by atoms with van der Waals surface area (Å²) in [6.07, 6.45) is 4.30. The van der Waals surface area contributed by atoms with Crippen LogP contribution >= 0.6 is 0 Å². The van der Waals surface area contributed by atoms with Crippen molar-refractivity contribution in [3.63, 3.8) is 0 Å². The van der Waals surface area contributed by atoms with Gasteiger partial charge in [-0.2, -0.15) is 0 Å². The summed E-state index contributed by atoms with van der Waals surface area (Å²) in [6.45, 7) is 7.31. The topological polar surface area (TPSA) is 6.48 Å². The second kappa shape index (κ2) is 3.49. The van der Waals surface area contributed by atoms with Crippen LogP contribution in [0.1, 0.15) is 33.1 Å². The van der Waals surface area contributed by atoms with Gasteiger partial charge in [0.25, 0.3) is 0 Å². The molecule has 1 aliphatic heterocycles. The van der Waals surface area contributed by atoms with Gasteiger partial charge in [0.15, 0.2) is 0 Å². The predicted octanol–water partition coefficient (Wildman–Crippen LogP) is 1.81. The number of hydrogen-bond acceptors (Lipinski definition) is 2. The zero-order chi connectivity index (χ0) is 10.3. The van der Waals surface area contributed by atoms with Crippen LogP contribution in [0, 0.1) is 5.41 Å². The highest BCUT2D eigenvalue weighted by Gasteiger charge is 2.51. The van der Waals surface area contributed by atoms with Crippen LogP contribution in [-0.2, 0) is 0 Å². The van der Waals surface area contributed by atoms with E-state index in [4.69, 9.17) is 0 Å². The molecule has 0 amide bonds. The van der Waals surface area contributed by atoms with E-state index in [0.717, 1.165) is 12.1 Å². The van der Waals surface area contributed by atoms with E-state index in [-0.39, 0.29) is 0 Å². The van der Waals surface area contributed by atoms with Gasteiger partial charge < -0.3 is 9.80 Å². The van der Waals surface area contributed by atoms with Crippen LogP contribution in [0.3, 0.4) is 0 Å². The van der Waals surface area contributed by atoms with Crippen LogP contribution in [0.5, 0.6) is 0 Å². The minimum Gasteiger partial charge on any atom is -0.306 e. The summed E-state index contributed by atoms with van der Waals surface area (Å²) in [5.41, 5.74) is 0.660. The quantitative estimate of drug-likeness (QED) is 0.664. The minimum atomic E-state index is 0.660. The van der Waals surface area contributed by atoms with Crippen molar-refractivity contribution in [2.24, 2.45) is 5.41 Å². The van der Waals surface area contributed by atoms with Gasteiger partial charge in [-0.3, -0.25) is 0 Å². The second-order valence-electron chi connectivity index (χ2n) is 5.69. The van der Waals surface area contributed by atoms with Crippen molar-refractivity contribution in [3.05, 3.63) is 0 Å². The van der Waals surface area contributed by atoms with E-state index in [0.29, 0.717) is 5.41 Å². The highest BCUT2D eigenvalue weighted by molar-refractivity contribution is 5.05. The van der Waals surface area contributed by atoms with Crippen molar-refractivity contribution in [1.82, 2.24) is 9.80 Å². The lowest BCUT2D eigenvalue weighted by molar-refractivity contribution is 0.00478. The van der Waals surface area contributed by atoms with E-state index in [1.54, 1.807) is 0 Å². The molecule has 0 radical (unpaired) electrons. The number of rotatable bonds is 2. The van der Waals surface area contributed by atoms with E-state index in [2.05, 4.69) is 37.7 Å². The standard InChI is InChI=1S/C12H24N2/c1-10(2)14-8-7-12(9-14)6-5-11(12)13(3)4/h10-11H,5-9H2,1-4H3. The van der Waals surface area contributed by atoms with E-state index in [9.17, 15) is 0 Å². The molecule has 2 unspecified atom stereocenters. The van der Waals surface area contributed by atoms with Crippen molar-refractivity contribution < 1.29 is 0 Å². The average Bonchev–Trinajstić information content (AvgIpc) is 2.46. The van der Waals surface area contributed by atoms with Crippen molar-refractivity contribution in [2.45, 2.75) is 45.2 Å². The molecule has 1 aliphatic carbocycles. The normalized spacial score (nSPS) is 38.6. The summed E-state index contributed by atoms with van der Waals surface area (Å²) >= 11 is 0. The Bertz CT molecular complexity index is 212. The van der Waals surface area contributed by atoms with Crippen molar-refractivity contribution >= 4 is 0 Å². The fraction of sp³-hybridized carbons (Fsp3) is 1.00. The Kier molecular flexibility index (Phi) is 2.61. The van der Waals surface area contributed by atoms with Gasteiger partial charge in [0.1, 0.15) is 0 Å². The maximum absolute atomic E-state index is 2.65. The molecule has 0 N–H and O–H groups in total. The van der Waals surface area contributed by atoms with Gasteiger partial charge in [-0.15, -0.1) is 0 Å². The highest BCUT2D eigenvalue weighted by Crippen LogP contribution is 2.50. The van der Waals surface area contributed by atoms with Crippen molar-refractivity contribution in [2.75, 3.05) is 27.2 Å². The van der Waals surface area contributed by atoms with E-state index in [1.807, 2.05) is 0 Å². The minimum absolute atomic E-state index is 0.660. The van der Waals surface area contributed by atoms with Crippen LogP contribution in [0.4, 0.5) is 0 Å². The van der Waals surface area contributed by atoms with E-state index >= 15 is 0 Å². The number of hydrogen-bond donors (Lipinski definition) is 0. The number of likely N-dealkylation sites (tertiary alicyclic amines) is 1. The maximum Gasteiger partial charge on any atom is 0.0159 e. The van der Waals surface area contributed by atoms with E-state index < -0.39 is 0 Å². The van der Waals surface area contributed by atoms with Crippen LogP contribution in [0.2, 0.25) is 0 Å². The van der Waals surface area contributed by atoms with Crippen LogP contribution < -0.4 is 0 Å². The third-order valence-corrected chi connectivity index (χ3v) is 4.39. The van der Waals surface area contributed by atoms with Crippen molar-refractivity contribution in [3.8, 4) is 0 Å². The first-order valence-electron chi connectivity index (χ1n) is 5.96. The first kappa shape index (κ1) is 10.4. The van der Waals surface area contributed by atoms with Gasteiger partial charge in [-0.25, -0.2) is 0 Å². The maximum atomic E-state index is 2.65. The Morgan fingerprint density at radius 2 is 2.00 bits per heavy atom. The second-order valence-corrected chi connectivity index (χ2v) is 5.69. The molecule has 82 valence electrons. The molecule has 0 aromatic heterocycles. The molecule has 0 bridgehead atoms. The Morgan fingerprint density at radius 3 is 2.36 bits per heavy atom. The lowest BCUT2D eigenvalue weighted by Gasteiger charge is -2.50. The fourth-order valence-electron chi connectivity index (χ4n) is 3.33. The Morgan fingerprint density at radius 1 is 1.29 bits per heavy atom. The van der Waals surface area contributed by atoms with Gasteiger partial charge in [0.05, 0.1) is 0 Å². The summed E-state index contributed by atoms with van der Waals surface area (Å²) < 4.78 is 0. The van der Waals surface area contributed by atoms with E-state index in [1.165, 1.54) is 32.4 Å². The Hall–Kier alpha value is -0.0800. The zero-order valence-corrected chi connectivity index (χ0v) is 10.1. The molecule has 14 heavy (non-hydrogen) atoms. The third-order valence-electron chi connectivity index (χ3n) is 4.39. The summed E-state index contributed by atoms with van der Waals surface area (Å²) in [7, 11) is 4.48. The molecular formula is C12H24N2. The average molecular weight is 196 g/mol. The smallest absolute Gasteiger partial charge is 0.0159 e. The van der Waals surface area contributed by atoms with Crippen LogP contribution in [0.15, 0.2) is 0 Å². The van der Waals surface area contributed by atoms with Crippen LogP contribution in [0.25, 0.3) is 0 Å². The molecule has 0 aromatic carbocycles. The molecule has 2 rings (SSSR count). The molecule has 1 saturated heterocycles. The first-order chi connectivity index (χ1) is 6.55. The molecule has 1 spiro atoms. The largest absolute Gasteiger partial charge is 0.306 e. The third kappa shape index (κ3) is 1.49. The summed E-state index contributed by atoms with van der Waals surface area (Å²) in [5.74, 6) is 0. The van der Waals surface area contributed by atoms with Gasteiger partial charge in [0, 0.05) is 18.6 Å². The lowest BCUT2D eigenvalue weighted by atomic mass is 9.63.